The predicted octanol–water partition coefficient (Wildman–Crippen LogP) is 7.89. The lowest BCUT2D eigenvalue weighted by molar-refractivity contribution is -0.146. The van der Waals surface area contributed by atoms with Crippen molar-refractivity contribution in [2.24, 2.45) is 11.8 Å². The third-order valence-electron chi connectivity index (χ3n) is 6.30. The summed E-state index contributed by atoms with van der Waals surface area (Å²) in [5.41, 5.74) is 1.07. The smallest absolute Gasteiger partial charge is 0.330 e. The molecule has 0 bridgehead atoms. The highest BCUT2D eigenvalue weighted by atomic mass is 16.6. The van der Waals surface area contributed by atoms with Crippen molar-refractivity contribution in [1.82, 2.24) is 0 Å². The second kappa shape index (κ2) is 18.6. The monoisotopic (exact) mass is 460 g/mol. The van der Waals surface area contributed by atoms with Crippen LogP contribution in [0.5, 0.6) is 5.75 Å². The van der Waals surface area contributed by atoms with Crippen LogP contribution >= 0.6 is 0 Å². The number of hydrogen-bond acceptors (Lipinski definition) is 4. The Kier molecular flexibility index (Phi) is 16.5. The molecule has 4 heteroatoms. The van der Waals surface area contributed by atoms with Gasteiger partial charge in [0, 0.05) is 6.08 Å². The van der Waals surface area contributed by atoms with Crippen LogP contribution < -0.4 is 4.74 Å². The molecular formula is C29H48O4. The van der Waals surface area contributed by atoms with Gasteiger partial charge in [0.2, 0.25) is 0 Å². The predicted molar refractivity (Wildman–Crippen MR) is 138 cm³/mol. The van der Waals surface area contributed by atoms with Gasteiger partial charge in [-0.3, -0.25) is 0 Å². The van der Waals surface area contributed by atoms with Gasteiger partial charge in [-0.05, 0) is 55.2 Å². The molecule has 0 aromatic heterocycles. The first-order chi connectivity index (χ1) is 16.1. The lowest BCUT2D eigenvalue weighted by Gasteiger charge is -2.25. The van der Waals surface area contributed by atoms with Crippen molar-refractivity contribution in [2.45, 2.75) is 105 Å². The Hall–Kier alpha value is -1.81. The average molecular weight is 461 g/mol. The quantitative estimate of drug-likeness (QED) is 0.155. The number of ether oxygens (including phenoxy) is 3. The summed E-state index contributed by atoms with van der Waals surface area (Å²) in [6.45, 7) is 9.66. The molecule has 0 spiro atoms. The van der Waals surface area contributed by atoms with Crippen molar-refractivity contribution in [3.05, 3.63) is 42.0 Å². The molecule has 1 aromatic rings. The van der Waals surface area contributed by atoms with Crippen LogP contribution in [0.15, 0.2) is 36.4 Å². The second-order valence-electron chi connectivity index (χ2n) is 9.04. The Morgan fingerprint density at radius 3 is 2.06 bits per heavy atom. The van der Waals surface area contributed by atoms with Crippen LogP contribution in [-0.2, 0) is 20.9 Å². The van der Waals surface area contributed by atoms with Gasteiger partial charge < -0.3 is 14.2 Å². The van der Waals surface area contributed by atoms with Crippen molar-refractivity contribution < 1.29 is 19.0 Å². The van der Waals surface area contributed by atoms with E-state index in [4.69, 9.17) is 14.2 Å². The second-order valence-corrected chi connectivity index (χ2v) is 9.04. The molecule has 0 N–H and O–H groups in total. The molecular weight excluding hydrogens is 412 g/mol. The standard InChI is InChI=1S/C29H48O4/c1-6-10-13-25(14-11-7-2)26(15-12-8-3)18-21-29(30)33-27(9-4)23-32-22-24-16-19-28(31-5)20-17-24/h16-21,25-27H,6-15,22-23H2,1-5H3/b21-18+. The third-order valence-corrected chi connectivity index (χ3v) is 6.30. The molecule has 0 fully saturated rings. The van der Waals surface area contributed by atoms with Crippen LogP contribution in [-0.4, -0.2) is 25.8 Å². The van der Waals surface area contributed by atoms with E-state index in [0.29, 0.717) is 25.0 Å². The number of methoxy groups -OCH3 is 1. The maximum atomic E-state index is 12.6. The highest BCUT2D eigenvalue weighted by Gasteiger charge is 2.19. The zero-order chi connectivity index (χ0) is 24.3. The summed E-state index contributed by atoms with van der Waals surface area (Å²) in [5.74, 6) is 1.70. The molecule has 0 aliphatic heterocycles. The minimum Gasteiger partial charge on any atom is -0.497 e. The fraction of sp³-hybridized carbons (Fsp3) is 0.690. The molecule has 0 saturated heterocycles. The van der Waals surface area contributed by atoms with Gasteiger partial charge in [0.25, 0.3) is 0 Å². The summed E-state index contributed by atoms with van der Waals surface area (Å²) in [4.78, 5) is 12.6. The third kappa shape index (κ3) is 12.9. The lowest BCUT2D eigenvalue weighted by atomic mass is 9.81. The first kappa shape index (κ1) is 29.2. The Balaban J connectivity index is 2.60. The van der Waals surface area contributed by atoms with Gasteiger partial charge >= 0.3 is 5.97 Å². The van der Waals surface area contributed by atoms with Gasteiger partial charge in [-0.25, -0.2) is 4.79 Å². The van der Waals surface area contributed by atoms with E-state index in [1.54, 1.807) is 13.2 Å². The van der Waals surface area contributed by atoms with Gasteiger partial charge in [-0.1, -0.05) is 84.4 Å². The maximum absolute atomic E-state index is 12.6. The first-order valence-corrected chi connectivity index (χ1v) is 13.2. The number of unbranched alkanes of at least 4 members (excludes halogenated alkanes) is 3. The maximum Gasteiger partial charge on any atom is 0.330 e. The molecule has 0 saturated carbocycles. The van der Waals surface area contributed by atoms with Crippen molar-refractivity contribution in [3.8, 4) is 5.75 Å². The molecule has 0 amide bonds. The van der Waals surface area contributed by atoms with Gasteiger partial charge in [-0.15, -0.1) is 0 Å². The van der Waals surface area contributed by atoms with Crippen LogP contribution in [0.1, 0.15) is 97.5 Å². The van der Waals surface area contributed by atoms with Crippen LogP contribution in [0.3, 0.4) is 0 Å². The molecule has 0 aliphatic rings. The molecule has 2 atom stereocenters. The number of hydrogen-bond donors (Lipinski definition) is 0. The highest BCUT2D eigenvalue weighted by molar-refractivity contribution is 5.82. The number of benzene rings is 1. The van der Waals surface area contributed by atoms with E-state index in [-0.39, 0.29) is 12.1 Å². The first-order valence-electron chi connectivity index (χ1n) is 13.2. The Morgan fingerprint density at radius 1 is 0.909 bits per heavy atom. The molecule has 1 aromatic carbocycles. The SMILES string of the molecule is CCCCC(/C=C/C(=O)OC(CC)COCc1ccc(OC)cc1)C(CCCC)CCCC. The number of carbonyl (C=O) groups excluding carboxylic acids is 1. The van der Waals surface area contributed by atoms with Gasteiger partial charge in [0.1, 0.15) is 11.9 Å². The van der Waals surface area contributed by atoms with Gasteiger partial charge in [-0.2, -0.15) is 0 Å². The van der Waals surface area contributed by atoms with Crippen molar-refractivity contribution >= 4 is 5.97 Å². The topological polar surface area (TPSA) is 44.8 Å². The van der Waals surface area contributed by atoms with E-state index in [9.17, 15) is 4.79 Å². The number of esters is 1. The molecule has 0 heterocycles. The molecule has 4 nitrogen and oxygen atoms in total. The van der Waals surface area contributed by atoms with Gasteiger partial charge in [0.15, 0.2) is 0 Å². The molecule has 1 rings (SSSR count). The average Bonchev–Trinajstić information content (AvgIpc) is 2.84. The summed E-state index contributed by atoms with van der Waals surface area (Å²) in [7, 11) is 1.66. The fourth-order valence-corrected chi connectivity index (χ4v) is 4.10. The minimum absolute atomic E-state index is 0.231. The van der Waals surface area contributed by atoms with E-state index in [1.165, 1.54) is 51.4 Å². The normalized spacial score (nSPS) is 13.4. The Morgan fingerprint density at radius 2 is 1.52 bits per heavy atom. The van der Waals surface area contributed by atoms with Crippen LogP contribution in [0, 0.1) is 11.8 Å². The Bertz CT molecular complexity index is 630. The zero-order valence-corrected chi connectivity index (χ0v) is 21.8. The van der Waals surface area contributed by atoms with E-state index < -0.39 is 0 Å². The molecule has 0 radical (unpaired) electrons. The van der Waals surface area contributed by atoms with E-state index >= 15 is 0 Å². The van der Waals surface area contributed by atoms with Gasteiger partial charge in [0.05, 0.1) is 20.3 Å². The zero-order valence-electron chi connectivity index (χ0n) is 21.8. The molecule has 188 valence electrons. The summed E-state index contributed by atoms with van der Waals surface area (Å²) in [5, 5.41) is 0. The van der Waals surface area contributed by atoms with Crippen molar-refractivity contribution in [1.29, 1.82) is 0 Å². The van der Waals surface area contributed by atoms with Crippen LogP contribution in [0.4, 0.5) is 0 Å². The number of carbonyl (C=O) groups is 1. The molecule has 33 heavy (non-hydrogen) atoms. The summed E-state index contributed by atoms with van der Waals surface area (Å²) in [6.07, 6.45) is 15.3. The number of rotatable bonds is 19. The van der Waals surface area contributed by atoms with Crippen LogP contribution in [0.25, 0.3) is 0 Å². The van der Waals surface area contributed by atoms with E-state index in [2.05, 4.69) is 26.8 Å². The van der Waals surface area contributed by atoms with E-state index in [1.807, 2.05) is 31.2 Å². The molecule has 0 aliphatic carbocycles. The van der Waals surface area contributed by atoms with Crippen molar-refractivity contribution in [3.63, 3.8) is 0 Å². The summed E-state index contributed by atoms with van der Waals surface area (Å²) >= 11 is 0. The van der Waals surface area contributed by atoms with Crippen molar-refractivity contribution in [2.75, 3.05) is 13.7 Å². The molecule has 2 unspecified atom stereocenters. The highest BCUT2D eigenvalue weighted by Crippen LogP contribution is 2.30. The largest absolute Gasteiger partial charge is 0.497 e. The minimum atomic E-state index is -0.249. The summed E-state index contributed by atoms with van der Waals surface area (Å²) in [6, 6.07) is 7.81. The Labute approximate surface area is 203 Å². The number of allylic oxidation sites excluding steroid dienone is 1. The fourth-order valence-electron chi connectivity index (χ4n) is 4.10. The van der Waals surface area contributed by atoms with E-state index in [0.717, 1.165) is 24.2 Å². The summed E-state index contributed by atoms with van der Waals surface area (Å²) < 4.78 is 16.7. The lowest BCUT2D eigenvalue weighted by Crippen LogP contribution is -2.22. The van der Waals surface area contributed by atoms with Crippen LogP contribution in [0.2, 0.25) is 0 Å².